The minimum absolute atomic E-state index is 0.0584. The number of halogens is 2. The minimum Gasteiger partial charge on any atom is -0.489 e. The van der Waals surface area contributed by atoms with Gasteiger partial charge >= 0.3 is 6.61 Å². The van der Waals surface area contributed by atoms with Gasteiger partial charge in [-0.1, -0.05) is 6.07 Å². The number of ether oxygens (including phenoxy) is 2. The van der Waals surface area contributed by atoms with Crippen molar-refractivity contribution in [2.24, 2.45) is 5.92 Å². The predicted molar refractivity (Wildman–Crippen MR) is 101 cm³/mol. The zero-order valence-electron chi connectivity index (χ0n) is 15.5. The standard InChI is InChI=1S/C21H21F2N3O2/c1-14(26-10-8-18(25-26)17-3-2-9-24-12-17)16-6-7-19(28-21(22)23)20(11-16)27-13-15-4-5-15/h2-3,6-12,14-15,21H,4-5,13H2,1H3. The zero-order chi connectivity index (χ0) is 19.5. The highest BCUT2D eigenvalue weighted by Gasteiger charge is 2.23. The molecule has 1 saturated carbocycles. The number of nitrogens with zero attached hydrogens (tertiary/aromatic N) is 3. The summed E-state index contributed by atoms with van der Waals surface area (Å²) in [7, 11) is 0. The summed E-state index contributed by atoms with van der Waals surface area (Å²) in [5, 5.41) is 4.63. The van der Waals surface area contributed by atoms with E-state index in [1.54, 1.807) is 24.5 Å². The average molecular weight is 385 g/mol. The van der Waals surface area contributed by atoms with Crippen molar-refractivity contribution in [2.75, 3.05) is 6.61 Å². The number of hydrogen-bond donors (Lipinski definition) is 0. The van der Waals surface area contributed by atoms with Crippen LogP contribution < -0.4 is 9.47 Å². The number of aromatic nitrogens is 3. The molecular weight excluding hydrogens is 364 g/mol. The van der Waals surface area contributed by atoms with Crippen molar-refractivity contribution in [1.82, 2.24) is 14.8 Å². The van der Waals surface area contributed by atoms with E-state index in [0.29, 0.717) is 18.3 Å². The third-order valence-corrected chi connectivity index (χ3v) is 4.80. The number of rotatable bonds is 8. The first kappa shape index (κ1) is 18.4. The highest BCUT2D eigenvalue weighted by Crippen LogP contribution is 2.35. The van der Waals surface area contributed by atoms with Crippen LogP contribution in [0.25, 0.3) is 11.3 Å². The third-order valence-electron chi connectivity index (χ3n) is 4.80. The number of hydrogen-bond acceptors (Lipinski definition) is 4. The summed E-state index contributed by atoms with van der Waals surface area (Å²) < 4.78 is 37.6. The van der Waals surface area contributed by atoms with E-state index in [-0.39, 0.29) is 11.8 Å². The van der Waals surface area contributed by atoms with E-state index in [9.17, 15) is 8.78 Å². The lowest BCUT2D eigenvalue weighted by atomic mass is 10.1. The Hall–Kier alpha value is -2.96. The Morgan fingerprint density at radius 2 is 2.04 bits per heavy atom. The van der Waals surface area contributed by atoms with Crippen molar-refractivity contribution in [3.05, 3.63) is 60.6 Å². The summed E-state index contributed by atoms with van der Waals surface area (Å²) in [5.41, 5.74) is 2.65. The van der Waals surface area contributed by atoms with Gasteiger partial charge in [-0.15, -0.1) is 0 Å². The van der Waals surface area contributed by atoms with Crippen molar-refractivity contribution in [2.45, 2.75) is 32.4 Å². The van der Waals surface area contributed by atoms with E-state index < -0.39 is 6.61 Å². The Balaban J connectivity index is 1.57. The molecule has 1 unspecified atom stereocenters. The molecule has 1 aromatic carbocycles. The van der Waals surface area contributed by atoms with Crippen molar-refractivity contribution < 1.29 is 18.3 Å². The van der Waals surface area contributed by atoms with Gasteiger partial charge in [0.25, 0.3) is 0 Å². The normalized spacial score (nSPS) is 14.9. The van der Waals surface area contributed by atoms with Gasteiger partial charge in [0, 0.05) is 24.2 Å². The quantitative estimate of drug-likeness (QED) is 0.551. The fraction of sp³-hybridized carbons (Fsp3) is 0.333. The molecule has 3 aromatic rings. The minimum atomic E-state index is -2.89. The van der Waals surface area contributed by atoms with Gasteiger partial charge in [0.15, 0.2) is 11.5 Å². The van der Waals surface area contributed by atoms with Crippen LogP contribution in [0, 0.1) is 5.92 Å². The maximum atomic E-state index is 12.7. The lowest BCUT2D eigenvalue weighted by molar-refractivity contribution is -0.0515. The summed E-state index contributed by atoms with van der Waals surface area (Å²) >= 11 is 0. The molecule has 0 aliphatic heterocycles. The van der Waals surface area contributed by atoms with E-state index in [1.807, 2.05) is 36.0 Å². The number of pyridine rings is 1. The molecule has 5 nitrogen and oxygen atoms in total. The van der Waals surface area contributed by atoms with E-state index in [1.165, 1.54) is 6.07 Å². The summed E-state index contributed by atoms with van der Waals surface area (Å²) in [6, 6.07) is 10.7. The first-order valence-electron chi connectivity index (χ1n) is 9.27. The topological polar surface area (TPSA) is 49.2 Å². The van der Waals surface area contributed by atoms with Gasteiger partial charge in [0.1, 0.15) is 0 Å². The second-order valence-corrected chi connectivity index (χ2v) is 6.94. The molecular formula is C21H21F2N3O2. The van der Waals surface area contributed by atoms with Crippen LogP contribution in [0.15, 0.2) is 55.0 Å². The van der Waals surface area contributed by atoms with Gasteiger partial charge in [0.2, 0.25) is 0 Å². The molecule has 4 rings (SSSR count). The molecule has 0 saturated heterocycles. The highest BCUT2D eigenvalue weighted by molar-refractivity contribution is 5.56. The summed E-state index contributed by atoms with van der Waals surface area (Å²) in [5.74, 6) is 0.910. The largest absolute Gasteiger partial charge is 0.489 e. The molecule has 146 valence electrons. The molecule has 0 spiro atoms. The van der Waals surface area contributed by atoms with Gasteiger partial charge in [-0.25, -0.2) is 0 Å². The van der Waals surface area contributed by atoms with Crippen LogP contribution in [-0.2, 0) is 0 Å². The van der Waals surface area contributed by atoms with Crippen molar-refractivity contribution in [3.8, 4) is 22.8 Å². The van der Waals surface area contributed by atoms with Gasteiger partial charge in [-0.3, -0.25) is 9.67 Å². The average Bonchev–Trinajstić information content (AvgIpc) is 3.40. The molecule has 2 heterocycles. The summed E-state index contributed by atoms with van der Waals surface area (Å²) in [6.07, 6.45) is 7.60. The molecule has 28 heavy (non-hydrogen) atoms. The predicted octanol–water partition coefficient (Wildman–Crippen LogP) is 4.94. The van der Waals surface area contributed by atoms with Crippen LogP contribution in [-0.4, -0.2) is 28.0 Å². The fourth-order valence-electron chi connectivity index (χ4n) is 2.96. The highest BCUT2D eigenvalue weighted by atomic mass is 19.3. The molecule has 1 fully saturated rings. The van der Waals surface area contributed by atoms with Crippen LogP contribution >= 0.6 is 0 Å². The van der Waals surface area contributed by atoms with Crippen LogP contribution in [0.1, 0.15) is 31.4 Å². The molecule has 0 bridgehead atoms. The van der Waals surface area contributed by atoms with E-state index >= 15 is 0 Å². The maximum Gasteiger partial charge on any atom is 0.387 e. The lowest BCUT2D eigenvalue weighted by Crippen LogP contribution is -2.10. The molecule has 0 amide bonds. The Morgan fingerprint density at radius 3 is 2.75 bits per heavy atom. The van der Waals surface area contributed by atoms with Crippen molar-refractivity contribution in [3.63, 3.8) is 0 Å². The van der Waals surface area contributed by atoms with Crippen LogP contribution in [0.4, 0.5) is 8.78 Å². The second-order valence-electron chi connectivity index (χ2n) is 6.94. The smallest absolute Gasteiger partial charge is 0.387 e. The zero-order valence-corrected chi connectivity index (χ0v) is 15.5. The van der Waals surface area contributed by atoms with E-state index in [2.05, 4.69) is 14.8 Å². The molecule has 2 aromatic heterocycles. The first-order chi connectivity index (χ1) is 13.6. The van der Waals surface area contributed by atoms with Crippen molar-refractivity contribution >= 4 is 0 Å². The van der Waals surface area contributed by atoms with Crippen LogP contribution in [0.5, 0.6) is 11.5 Å². The van der Waals surface area contributed by atoms with Gasteiger partial charge in [-0.2, -0.15) is 13.9 Å². The number of alkyl halides is 2. The third kappa shape index (κ3) is 4.30. The SMILES string of the molecule is CC(c1ccc(OC(F)F)c(OCC2CC2)c1)n1ccc(-c2cccnc2)n1. The van der Waals surface area contributed by atoms with Gasteiger partial charge in [-0.05, 0) is 61.6 Å². The summed E-state index contributed by atoms with van der Waals surface area (Å²) in [4.78, 5) is 4.12. The Kier molecular flexibility index (Phi) is 5.23. The molecule has 7 heteroatoms. The van der Waals surface area contributed by atoms with Gasteiger partial charge < -0.3 is 9.47 Å². The Labute approximate surface area is 161 Å². The van der Waals surface area contributed by atoms with E-state index in [0.717, 1.165) is 29.7 Å². The Morgan fingerprint density at radius 1 is 1.18 bits per heavy atom. The van der Waals surface area contributed by atoms with Crippen LogP contribution in [0.3, 0.4) is 0 Å². The fourth-order valence-corrected chi connectivity index (χ4v) is 2.96. The van der Waals surface area contributed by atoms with Crippen LogP contribution in [0.2, 0.25) is 0 Å². The monoisotopic (exact) mass is 385 g/mol. The van der Waals surface area contributed by atoms with Crippen molar-refractivity contribution in [1.29, 1.82) is 0 Å². The molecule has 0 N–H and O–H groups in total. The first-order valence-corrected chi connectivity index (χ1v) is 9.27. The molecule has 1 atom stereocenters. The van der Waals surface area contributed by atoms with Gasteiger partial charge in [0.05, 0.1) is 18.3 Å². The molecule has 1 aliphatic carbocycles. The second kappa shape index (κ2) is 7.96. The summed E-state index contributed by atoms with van der Waals surface area (Å²) in [6.45, 7) is -0.377. The molecule has 0 radical (unpaired) electrons. The number of benzene rings is 1. The molecule has 1 aliphatic rings. The lowest BCUT2D eigenvalue weighted by Gasteiger charge is -2.17. The van der Waals surface area contributed by atoms with E-state index in [4.69, 9.17) is 4.74 Å². The maximum absolute atomic E-state index is 12.7. The Bertz CT molecular complexity index is 926.